The Morgan fingerprint density at radius 2 is 1.85 bits per heavy atom. The van der Waals surface area contributed by atoms with Crippen molar-refractivity contribution < 1.29 is 0 Å². The molecule has 0 unspecified atom stereocenters. The lowest BCUT2D eigenvalue weighted by molar-refractivity contribution is 0.554. The SMILES string of the molecule is Cc1cc(C)cc(Cc2ncc(CNCC(C)C)s2)c1. The van der Waals surface area contributed by atoms with E-state index in [1.807, 2.05) is 17.5 Å². The van der Waals surface area contributed by atoms with E-state index in [4.69, 9.17) is 0 Å². The summed E-state index contributed by atoms with van der Waals surface area (Å²) in [4.78, 5) is 5.87. The van der Waals surface area contributed by atoms with Crippen molar-refractivity contribution in [3.8, 4) is 0 Å². The van der Waals surface area contributed by atoms with Gasteiger partial charge in [0, 0.05) is 24.0 Å². The van der Waals surface area contributed by atoms with Gasteiger partial charge in [-0.3, -0.25) is 0 Å². The summed E-state index contributed by atoms with van der Waals surface area (Å²) in [5.74, 6) is 0.692. The Morgan fingerprint density at radius 3 is 2.50 bits per heavy atom. The smallest absolute Gasteiger partial charge is 0.0972 e. The highest BCUT2D eigenvalue weighted by molar-refractivity contribution is 7.11. The van der Waals surface area contributed by atoms with Crippen molar-refractivity contribution in [2.24, 2.45) is 5.92 Å². The maximum absolute atomic E-state index is 4.55. The van der Waals surface area contributed by atoms with E-state index in [1.165, 1.54) is 26.6 Å². The Kier molecular flexibility index (Phi) is 5.32. The van der Waals surface area contributed by atoms with Crippen LogP contribution in [0.3, 0.4) is 0 Å². The molecule has 1 aromatic heterocycles. The molecule has 2 rings (SSSR count). The Morgan fingerprint density at radius 1 is 1.15 bits per heavy atom. The van der Waals surface area contributed by atoms with Crippen LogP contribution in [-0.4, -0.2) is 11.5 Å². The molecule has 0 fully saturated rings. The van der Waals surface area contributed by atoms with Crippen molar-refractivity contribution in [1.29, 1.82) is 0 Å². The molecule has 0 aliphatic rings. The minimum atomic E-state index is 0.692. The van der Waals surface area contributed by atoms with Crippen LogP contribution in [0.1, 0.15) is 40.4 Å². The molecule has 108 valence electrons. The molecule has 1 N–H and O–H groups in total. The van der Waals surface area contributed by atoms with E-state index in [9.17, 15) is 0 Å². The van der Waals surface area contributed by atoms with Crippen molar-refractivity contribution in [1.82, 2.24) is 10.3 Å². The van der Waals surface area contributed by atoms with Gasteiger partial charge >= 0.3 is 0 Å². The first-order valence-corrected chi connectivity index (χ1v) is 8.06. The highest BCUT2D eigenvalue weighted by Crippen LogP contribution is 2.18. The molecule has 0 spiro atoms. The van der Waals surface area contributed by atoms with Crippen molar-refractivity contribution in [2.75, 3.05) is 6.54 Å². The third-order valence-electron chi connectivity index (χ3n) is 3.09. The number of hydrogen-bond donors (Lipinski definition) is 1. The van der Waals surface area contributed by atoms with Gasteiger partial charge in [-0.05, 0) is 31.9 Å². The van der Waals surface area contributed by atoms with Crippen LogP contribution in [-0.2, 0) is 13.0 Å². The van der Waals surface area contributed by atoms with Crippen molar-refractivity contribution in [3.05, 3.63) is 51.0 Å². The lowest BCUT2D eigenvalue weighted by Crippen LogP contribution is -2.18. The summed E-state index contributed by atoms with van der Waals surface area (Å²) in [6, 6.07) is 6.72. The van der Waals surface area contributed by atoms with Crippen molar-refractivity contribution in [2.45, 2.75) is 40.7 Å². The number of nitrogens with one attached hydrogen (secondary N) is 1. The molecule has 2 aromatic rings. The van der Waals surface area contributed by atoms with E-state index in [-0.39, 0.29) is 0 Å². The van der Waals surface area contributed by atoms with E-state index < -0.39 is 0 Å². The standard InChI is InChI=1S/C17H24N2S/c1-12(2)9-18-10-16-11-19-17(20-16)8-15-6-13(3)5-14(4)7-15/h5-7,11-12,18H,8-10H2,1-4H3. The van der Waals surface area contributed by atoms with E-state index in [2.05, 4.69) is 56.2 Å². The molecule has 0 bridgehead atoms. The Bertz CT molecular complexity index is 538. The number of nitrogens with zero attached hydrogens (tertiary/aromatic N) is 1. The minimum Gasteiger partial charge on any atom is -0.312 e. The zero-order chi connectivity index (χ0) is 14.5. The summed E-state index contributed by atoms with van der Waals surface area (Å²) in [6.45, 7) is 10.8. The van der Waals surface area contributed by atoms with Gasteiger partial charge < -0.3 is 5.32 Å². The van der Waals surface area contributed by atoms with Crippen LogP contribution >= 0.6 is 11.3 Å². The molecule has 0 aliphatic heterocycles. The van der Waals surface area contributed by atoms with Crippen LogP contribution in [0.25, 0.3) is 0 Å². The van der Waals surface area contributed by atoms with E-state index in [1.54, 1.807) is 0 Å². The maximum atomic E-state index is 4.55. The largest absolute Gasteiger partial charge is 0.312 e. The number of hydrogen-bond acceptors (Lipinski definition) is 3. The van der Waals surface area contributed by atoms with Gasteiger partial charge in [0.2, 0.25) is 0 Å². The maximum Gasteiger partial charge on any atom is 0.0972 e. The molecular weight excluding hydrogens is 264 g/mol. The van der Waals surface area contributed by atoms with Gasteiger partial charge in [0.05, 0.1) is 5.01 Å². The molecule has 0 radical (unpaired) electrons. The van der Waals surface area contributed by atoms with Crippen LogP contribution in [0, 0.1) is 19.8 Å². The fourth-order valence-electron chi connectivity index (χ4n) is 2.34. The monoisotopic (exact) mass is 288 g/mol. The van der Waals surface area contributed by atoms with Crippen LogP contribution in [0.4, 0.5) is 0 Å². The lowest BCUT2D eigenvalue weighted by atomic mass is 10.1. The molecule has 0 saturated heterocycles. The summed E-state index contributed by atoms with van der Waals surface area (Å²) in [7, 11) is 0. The zero-order valence-electron chi connectivity index (χ0n) is 12.9. The fourth-order valence-corrected chi connectivity index (χ4v) is 3.27. The molecule has 3 heteroatoms. The second kappa shape index (κ2) is 7.00. The summed E-state index contributed by atoms with van der Waals surface area (Å²) in [5.41, 5.74) is 4.02. The first-order chi connectivity index (χ1) is 9.52. The molecule has 1 aromatic carbocycles. The van der Waals surface area contributed by atoms with E-state index in [0.29, 0.717) is 5.92 Å². The number of benzene rings is 1. The second-order valence-corrected chi connectivity index (χ2v) is 7.12. The number of rotatable bonds is 6. The summed E-state index contributed by atoms with van der Waals surface area (Å²) in [6.07, 6.45) is 2.95. The zero-order valence-corrected chi connectivity index (χ0v) is 13.7. The average Bonchev–Trinajstić information content (AvgIpc) is 2.74. The predicted molar refractivity (Wildman–Crippen MR) is 87.4 cm³/mol. The molecule has 0 atom stereocenters. The summed E-state index contributed by atoms with van der Waals surface area (Å²) in [5, 5.41) is 4.67. The van der Waals surface area contributed by atoms with Crippen LogP contribution in [0.2, 0.25) is 0 Å². The molecule has 0 aliphatic carbocycles. The van der Waals surface area contributed by atoms with Gasteiger partial charge in [0.25, 0.3) is 0 Å². The second-order valence-electron chi connectivity index (χ2n) is 5.92. The number of aryl methyl sites for hydroxylation is 2. The first kappa shape index (κ1) is 15.2. The summed E-state index contributed by atoms with van der Waals surface area (Å²) < 4.78 is 0. The van der Waals surface area contributed by atoms with Crippen molar-refractivity contribution >= 4 is 11.3 Å². The normalized spacial score (nSPS) is 11.2. The number of aromatic nitrogens is 1. The van der Waals surface area contributed by atoms with Gasteiger partial charge in [-0.25, -0.2) is 4.98 Å². The third-order valence-corrected chi connectivity index (χ3v) is 4.09. The van der Waals surface area contributed by atoms with E-state index in [0.717, 1.165) is 19.5 Å². The highest BCUT2D eigenvalue weighted by atomic mass is 32.1. The van der Waals surface area contributed by atoms with Gasteiger partial charge in [-0.1, -0.05) is 43.2 Å². The molecule has 0 amide bonds. The Balaban J connectivity index is 1.95. The quantitative estimate of drug-likeness (QED) is 0.865. The average molecular weight is 288 g/mol. The highest BCUT2D eigenvalue weighted by Gasteiger charge is 2.04. The van der Waals surface area contributed by atoms with Gasteiger partial charge in [-0.2, -0.15) is 0 Å². The topological polar surface area (TPSA) is 24.9 Å². The van der Waals surface area contributed by atoms with Gasteiger partial charge in [0.1, 0.15) is 0 Å². The van der Waals surface area contributed by atoms with E-state index >= 15 is 0 Å². The van der Waals surface area contributed by atoms with Gasteiger partial charge in [0.15, 0.2) is 0 Å². The fraction of sp³-hybridized carbons (Fsp3) is 0.471. The Hall–Kier alpha value is -1.19. The molecule has 0 saturated carbocycles. The predicted octanol–water partition coefficient (Wildman–Crippen LogP) is 4.10. The molecule has 20 heavy (non-hydrogen) atoms. The van der Waals surface area contributed by atoms with Crippen molar-refractivity contribution in [3.63, 3.8) is 0 Å². The molecule has 1 heterocycles. The van der Waals surface area contributed by atoms with Crippen LogP contribution in [0.5, 0.6) is 0 Å². The summed E-state index contributed by atoms with van der Waals surface area (Å²) >= 11 is 1.82. The molecule has 2 nitrogen and oxygen atoms in total. The third kappa shape index (κ3) is 4.73. The first-order valence-electron chi connectivity index (χ1n) is 7.24. The van der Waals surface area contributed by atoms with Crippen LogP contribution < -0.4 is 5.32 Å². The van der Waals surface area contributed by atoms with Gasteiger partial charge in [-0.15, -0.1) is 11.3 Å². The Labute approximate surface area is 126 Å². The molecular formula is C17H24N2S. The number of thiazole rings is 1. The minimum absolute atomic E-state index is 0.692. The van der Waals surface area contributed by atoms with Crippen LogP contribution in [0.15, 0.2) is 24.4 Å². The lowest BCUT2D eigenvalue weighted by Gasteiger charge is -2.05.